The molecule has 2 aliphatic heterocycles. The van der Waals surface area contributed by atoms with Crippen molar-refractivity contribution < 1.29 is 8.42 Å². The predicted octanol–water partition coefficient (Wildman–Crippen LogP) is 3.31. The van der Waals surface area contributed by atoms with Crippen LogP contribution in [0.4, 0.5) is 5.82 Å². The number of hydrogen-bond acceptors (Lipinski definition) is 5. The van der Waals surface area contributed by atoms with Crippen molar-refractivity contribution in [3.8, 4) is 0 Å². The zero-order chi connectivity index (χ0) is 21.1. The van der Waals surface area contributed by atoms with Gasteiger partial charge in [-0.15, -0.1) is 0 Å². The van der Waals surface area contributed by atoms with Crippen molar-refractivity contribution in [2.45, 2.75) is 51.9 Å². The summed E-state index contributed by atoms with van der Waals surface area (Å²) in [5.41, 5.74) is 3.64. The Labute approximate surface area is 180 Å². The van der Waals surface area contributed by atoms with Gasteiger partial charge < -0.3 is 4.90 Å². The van der Waals surface area contributed by atoms with Crippen molar-refractivity contribution in [3.05, 3.63) is 53.0 Å². The molecule has 1 unspecified atom stereocenters. The van der Waals surface area contributed by atoms with Crippen molar-refractivity contribution in [2.75, 3.05) is 36.8 Å². The Bertz CT molecular complexity index is 978. The quantitative estimate of drug-likeness (QED) is 0.706. The molecule has 1 aromatic carbocycles. The third kappa shape index (κ3) is 4.52. The maximum Gasteiger partial charge on any atom is 0.213 e. The van der Waals surface area contributed by atoms with E-state index in [0.717, 1.165) is 62.5 Å². The number of sulfonamides is 1. The first-order valence-electron chi connectivity index (χ1n) is 11.1. The van der Waals surface area contributed by atoms with Gasteiger partial charge in [-0.2, -0.15) is 0 Å². The monoisotopic (exact) mass is 428 g/mol. The second kappa shape index (κ2) is 9.02. The van der Waals surface area contributed by atoms with Crippen LogP contribution in [0.15, 0.2) is 30.3 Å². The molecule has 0 spiro atoms. The number of hydrogen-bond donors (Lipinski definition) is 0. The summed E-state index contributed by atoms with van der Waals surface area (Å²) < 4.78 is 26.4. The normalized spacial score (nSPS) is 20.2. The summed E-state index contributed by atoms with van der Waals surface area (Å²) in [4.78, 5) is 12.3. The number of fused-ring (bicyclic) bond motifs is 1. The maximum atomic E-state index is 12.4. The first-order chi connectivity index (χ1) is 14.5. The van der Waals surface area contributed by atoms with Gasteiger partial charge in [-0.1, -0.05) is 30.3 Å². The van der Waals surface area contributed by atoms with Gasteiger partial charge in [-0.25, -0.2) is 22.7 Å². The fourth-order valence-corrected chi connectivity index (χ4v) is 5.79. The summed E-state index contributed by atoms with van der Waals surface area (Å²) in [5.74, 6) is 2.10. The molecule has 1 fully saturated rings. The molecule has 3 heterocycles. The molecular weight excluding hydrogens is 396 g/mol. The molecule has 0 N–H and O–H groups in total. The van der Waals surface area contributed by atoms with Crippen LogP contribution in [0, 0.1) is 6.92 Å². The minimum absolute atomic E-state index is 0.0713. The van der Waals surface area contributed by atoms with E-state index in [9.17, 15) is 8.42 Å². The van der Waals surface area contributed by atoms with Gasteiger partial charge in [-0.05, 0) is 51.5 Å². The third-order valence-corrected chi connectivity index (χ3v) is 8.23. The summed E-state index contributed by atoms with van der Waals surface area (Å²) in [6.45, 7) is 6.85. The van der Waals surface area contributed by atoms with Crippen molar-refractivity contribution in [3.63, 3.8) is 0 Å². The standard InChI is InChI=1S/C23H32N4O2S/c1-3-30(28,29)27-15-7-11-20(17-27)22-24-18(2)21-12-8-14-26(23(21)25-22)16-13-19-9-5-4-6-10-19/h4-6,9-10,20H,3,7-8,11-17H2,1-2H3. The van der Waals surface area contributed by atoms with Crippen molar-refractivity contribution in [1.29, 1.82) is 0 Å². The van der Waals surface area contributed by atoms with Crippen LogP contribution in [0.2, 0.25) is 0 Å². The molecule has 2 aliphatic rings. The van der Waals surface area contributed by atoms with Gasteiger partial charge in [0.25, 0.3) is 0 Å². The minimum atomic E-state index is -3.17. The van der Waals surface area contributed by atoms with E-state index in [4.69, 9.17) is 9.97 Å². The highest BCUT2D eigenvalue weighted by Crippen LogP contribution is 2.32. The minimum Gasteiger partial charge on any atom is -0.356 e. The molecule has 7 heteroatoms. The second-order valence-electron chi connectivity index (χ2n) is 8.39. The Kier molecular flexibility index (Phi) is 6.39. The van der Waals surface area contributed by atoms with E-state index in [1.54, 1.807) is 11.2 Å². The van der Waals surface area contributed by atoms with E-state index in [0.29, 0.717) is 13.1 Å². The Balaban J connectivity index is 1.57. The van der Waals surface area contributed by atoms with Crippen LogP contribution in [0.3, 0.4) is 0 Å². The molecule has 1 atom stereocenters. The van der Waals surface area contributed by atoms with E-state index >= 15 is 0 Å². The average molecular weight is 429 g/mol. The van der Waals surface area contributed by atoms with Gasteiger partial charge in [-0.3, -0.25) is 0 Å². The molecule has 0 bridgehead atoms. The molecule has 0 radical (unpaired) electrons. The van der Waals surface area contributed by atoms with Gasteiger partial charge in [0.05, 0.1) is 5.75 Å². The zero-order valence-electron chi connectivity index (χ0n) is 18.0. The summed E-state index contributed by atoms with van der Waals surface area (Å²) in [6, 6.07) is 10.6. The summed E-state index contributed by atoms with van der Waals surface area (Å²) >= 11 is 0. The number of piperidine rings is 1. The lowest BCUT2D eigenvalue weighted by Gasteiger charge is -2.34. The number of aryl methyl sites for hydroxylation is 1. The summed E-state index contributed by atoms with van der Waals surface area (Å²) in [6.07, 6.45) is 4.94. The molecule has 30 heavy (non-hydrogen) atoms. The smallest absolute Gasteiger partial charge is 0.213 e. The van der Waals surface area contributed by atoms with Gasteiger partial charge >= 0.3 is 0 Å². The maximum absolute atomic E-state index is 12.4. The van der Waals surface area contributed by atoms with Crippen LogP contribution in [0.5, 0.6) is 0 Å². The number of rotatable bonds is 6. The first-order valence-corrected chi connectivity index (χ1v) is 12.7. The number of nitrogens with zero attached hydrogens (tertiary/aromatic N) is 4. The predicted molar refractivity (Wildman–Crippen MR) is 120 cm³/mol. The van der Waals surface area contributed by atoms with Crippen LogP contribution in [-0.2, 0) is 22.9 Å². The lowest BCUT2D eigenvalue weighted by atomic mass is 9.97. The number of benzene rings is 1. The van der Waals surface area contributed by atoms with E-state index in [1.165, 1.54) is 11.1 Å². The number of anilines is 1. The fourth-order valence-electron chi connectivity index (χ4n) is 4.61. The van der Waals surface area contributed by atoms with Gasteiger partial charge in [0.15, 0.2) is 0 Å². The molecule has 1 aromatic heterocycles. The number of aromatic nitrogens is 2. The van der Waals surface area contributed by atoms with Crippen LogP contribution in [-0.4, -0.2) is 54.6 Å². The molecule has 0 aliphatic carbocycles. The van der Waals surface area contributed by atoms with E-state index in [2.05, 4.69) is 42.2 Å². The van der Waals surface area contributed by atoms with Crippen LogP contribution < -0.4 is 4.90 Å². The van der Waals surface area contributed by atoms with Crippen molar-refractivity contribution in [1.82, 2.24) is 14.3 Å². The topological polar surface area (TPSA) is 66.4 Å². The van der Waals surface area contributed by atoms with E-state index < -0.39 is 10.0 Å². The van der Waals surface area contributed by atoms with E-state index in [-0.39, 0.29) is 11.7 Å². The summed E-state index contributed by atoms with van der Waals surface area (Å²) in [5, 5.41) is 0. The Morgan fingerprint density at radius 3 is 2.67 bits per heavy atom. The highest BCUT2D eigenvalue weighted by molar-refractivity contribution is 7.89. The molecule has 6 nitrogen and oxygen atoms in total. The molecular formula is C23H32N4O2S. The molecule has 162 valence electrons. The highest BCUT2D eigenvalue weighted by Gasteiger charge is 2.31. The lowest BCUT2D eigenvalue weighted by Crippen LogP contribution is -2.40. The van der Waals surface area contributed by atoms with Gasteiger partial charge in [0.1, 0.15) is 11.6 Å². The molecule has 2 aromatic rings. The highest BCUT2D eigenvalue weighted by atomic mass is 32.2. The largest absolute Gasteiger partial charge is 0.356 e. The Hall–Kier alpha value is -1.99. The van der Waals surface area contributed by atoms with Crippen LogP contribution in [0.1, 0.15) is 54.7 Å². The molecule has 0 saturated carbocycles. The Morgan fingerprint density at radius 1 is 1.10 bits per heavy atom. The van der Waals surface area contributed by atoms with Crippen LogP contribution >= 0.6 is 0 Å². The second-order valence-corrected chi connectivity index (χ2v) is 10.7. The zero-order valence-corrected chi connectivity index (χ0v) is 18.9. The van der Waals surface area contributed by atoms with Crippen molar-refractivity contribution >= 4 is 15.8 Å². The molecule has 4 rings (SSSR count). The van der Waals surface area contributed by atoms with Gasteiger partial charge in [0, 0.05) is 43.4 Å². The lowest BCUT2D eigenvalue weighted by molar-refractivity contribution is 0.309. The summed E-state index contributed by atoms with van der Waals surface area (Å²) in [7, 11) is -3.17. The molecule has 1 saturated heterocycles. The van der Waals surface area contributed by atoms with E-state index in [1.807, 2.05) is 0 Å². The molecule has 0 amide bonds. The van der Waals surface area contributed by atoms with Crippen LogP contribution in [0.25, 0.3) is 0 Å². The Morgan fingerprint density at radius 2 is 1.90 bits per heavy atom. The first kappa shape index (κ1) is 21.2. The fraction of sp³-hybridized carbons (Fsp3) is 0.565. The third-order valence-electron chi connectivity index (χ3n) is 6.38. The van der Waals surface area contributed by atoms with Crippen molar-refractivity contribution in [2.24, 2.45) is 0 Å². The SMILES string of the molecule is CCS(=O)(=O)N1CCCC(c2nc(C)c3c(n2)N(CCc2ccccc2)CCC3)C1. The average Bonchev–Trinajstić information content (AvgIpc) is 2.78. The van der Waals surface area contributed by atoms with Gasteiger partial charge in [0.2, 0.25) is 10.0 Å².